The Morgan fingerprint density at radius 1 is 0.971 bits per heavy atom. The average molecular weight is 490 g/mol. The number of aromatic nitrogens is 3. The lowest BCUT2D eigenvalue weighted by molar-refractivity contribution is -0.115. The van der Waals surface area contributed by atoms with Crippen LogP contribution in [0.4, 0.5) is 10.1 Å². The summed E-state index contributed by atoms with van der Waals surface area (Å²) in [6.45, 7) is 4.03. The van der Waals surface area contributed by atoms with Gasteiger partial charge in [-0.3, -0.25) is 14.3 Å². The second-order valence-corrected chi connectivity index (χ2v) is 9.63. The van der Waals surface area contributed by atoms with E-state index < -0.39 is 5.25 Å². The van der Waals surface area contributed by atoms with Crippen LogP contribution in [0.1, 0.15) is 35.2 Å². The van der Waals surface area contributed by atoms with E-state index in [1.165, 1.54) is 23.9 Å². The largest absolute Gasteiger partial charge is 0.325 e. The van der Waals surface area contributed by atoms with Crippen molar-refractivity contribution in [3.8, 4) is 5.69 Å². The van der Waals surface area contributed by atoms with Crippen LogP contribution >= 0.6 is 11.8 Å². The van der Waals surface area contributed by atoms with Crippen LogP contribution < -0.4 is 5.32 Å². The number of thioether (sulfide) groups is 1. The zero-order valence-corrected chi connectivity index (χ0v) is 21.0. The molecule has 0 radical (unpaired) electrons. The number of carbonyl (C=O) groups excluding carboxylic acids is 1. The summed E-state index contributed by atoms with van der Waals surface area (Å²) in [7, 11) is 3.92. The van der Waals surface area contributed by atoms with E-state index in [0.717, 1.165) is 22.5 Å². The number of amides is 1. The van der Waals surface area contributed by atoms with Crippen molar-refractivity contribution in [2.45, 2.75) is 30.3 Å². The molecule has 0 spiro atoms. The molecule has 0 aliphatic carbocycles. The second kappa shape index (κ2) is 10.8. The van der Waals surface area contributed by atoms with Crippen LogP contribution in [0.5, 0.6) is 0 Å². The quantitative estimate of drug-likeness (QED) is 0.317. The summed E-state index contributed by atoms with van der Waals surface area (Å²) in [5, 5.41) is 11.9. The predicted octanol–water partition coefficient (Wildman–Crippen LogP) is 5.81. The number of benzene rings is 3. The minimum Gasteiger partial charge on any atom is -0.325 e. The first-order valence-electron chi connectivity index (χ1n) is 11.3. The van der Waals surface area contributed by atoms with E-state index in [9.17, 15) is 9.18 Å². The maximum absolute atomic E-state index is 13.7. The Labute approximate surface area is 209 Å². The number of hydrogen-bond donors (Lipinski definition) is 1. The van der Waals surface area contributed by atoms with Gasteiger partial charge in [-0.05, 0) is 69.9 Å². The minimum absolute atomic E-state index is 0.0570. The van der Waals surface area contributed by atoms with E-state index in [0.29, 0.717) is 11.0 Å². The fraction of sp³-hybridized carbons (Fsp3) is 0.222. The maximum atomic E-state index is 13.7. The van der Waals surface area contributed by atoms with Crippen LogP contribution in [0.2, 0.25) is 0 Å². The highest BCUT2D eigenvalue weighted by atomic mass is 32.2. The van der Waals surface area contributed by atoms with Gasteiger partial charge in [0.05, 0.1) is 6.04 Å². The molecule has 0 unspecified atom stereocenters. The number of carbonyl (C=O) groups is 1. The Balaban J connectivity index is 1.74. The SMILES string of the molecule is Cc1ccc(NC(=O)[C@H](Sc2nnc([C@H](C)N(C)C)n2-c2ccc(F)cc2)c2ccccc2)cc1. The molecule has 4 aromatic rings. The number of nitrogens with zero attached hydrogens (tertiary/aromatic N) is 4. The number of rotatable bonds is 8. The first-order chi connectivity index (χ1) is 16.8. The fourth-order valence-corrected chi connectivity index (χ4v) is 4.61. The van der Waals surface area contributed by atoms with Gasteiger partial charge in [0.2, 0.25) is 5.91 Å². The molecule has 0 saturated heterocycles. The van der Waals surface area contributed by atoms with Gasteiger partial charge in [0.25, 0.3) is 0 Å². The van der Waals surface area contributed by atoms with Gasteiger partial charge in [0.15, 0.2) is 11.0 Å². The summed E-state index contributed by atoms with van der Waals surface area (Å²) in [4.78, 5) is 15.5. The molecule has 0 fully saturated rings. The van der Waals surface area contributed by atoms with E-state index in [4.69, 9.17) is 0 Å². The van der Waals surface area contributed by atoms with Crippen molar-refractivity contribution < 1.29 is 9.18 Å². The first-order valence-corrected chi connectivity index (χ1v) is 12.2. The summed E-state index contributed by atoms with van der Waals surface area (Å²) < 4.78 is 15.6. The standard InChI is InChI=1S/C27H28FN5OS/c1-18-10-14-22(15-11-18)29-26(34)24(20-8-6-5-7-9-20)35-27-31-30-25(19(2)32(3)4)33(27)23-16-12-21(28)13-17-23/h5-17,19,24H,1-4H3,(H,29,34)/t19-,24+/m0/s1. The second-order valence-electron chi connectivity index (χ2n) is 8.56. The third kappa shape index (κ3) is 5.78. The third-order valence-electron chi connectivity index (χ3n) is 5.77. The molecule has 8 heteroatoms. The summed E-state index contributed by atoms with van der Waals surface area (Å²) in [5.74, 6) is 0.216. The zero-order chi connectivity index (χ0) is 24.9. The van der Waals surface area contributed by atoms with Gasteiger partial charge in [-0.1, -0.05) is 59.8 Å². The fourth-order valence-electron chi connectivity index (χ4n) is 3.54. The van der Waals surface area contributed by atoms with Crippen molar-refractivity contribution in [1.29, 1.82) is 0 Å². The van der Waals surface area contributed by atoms with E-state index in [1.54, 1.807) is 12.1 Å². The Bertz CT molecular complexity index is 1270. The lowest BCUT2D eigenvalue weighted by Gasteiger charge is -2.21. The number of nitrogens with one attached hydrogen (secondary N) is 1. The summed E-state index contributed by atoms with van der Waals surface area (Å²) in [5.41, 5.74) is 3.42. The number of halogens is 1. The molecule has 1 aromatic heterocycles. The molecule has 0 saturated carbocycles. The van der Waals surface area contributed by atoms with Gasteiger partial charge < -0.3 is 5.32 Å². The number of anilines is 1. The molecule has 1 amide bonds. The molecule has 0 bridgehead atoms. The monoisotopic (exact) mass is 489 g/mol. The highest BCUT2D eigenvalue weighted by molar-refractivity contribution is 8.00. The molecule has 1 N–H and O–H groups in total. The molecule has 2 atom stereocenters. The smallest absolute Gasteiger partial charge is 0.242 e. The van der Waals surface area contributed by atoms with Crippen LogP contribution in [0, 0.1) is 12.7 Å². The Kier molecular flexibility index (Phi) is 7.63. The van der Waals surface area contributed by atoms with Gasteiger partial charge in [0, 0.05) is 11.4 Å². The van der Waals surface area contributed by atoms with Crippen molar-refractivity contribution in [3.63, 3.8) is 0 Å². The zero-order valence-electron chi connectivity index (χ0n) is 20.1. The molecule has 3 aromatic carbocycles. The van der Waals surface area contributed by atoms with E-state index in [2.05, 4.69) is 15.5 Å². The molecular weight excluding hydrogens is 461 g/mol. The summed E-state index contributed by atoms with van der Waals surface area (Å²) >= 11 is 1.31. The van der Waals surface area contributed by atoms with Gasteiger partial charge >= 0.3 is 0 Å². The van der Waals surface area contributed by atoms with Crippen molar-refractivity contribution in [1.82, 2.24) is 19.7 Å². The van der Waals surface area contributed by atoms with Gasteiger partial charge in [-0.2, -0.15) is 0 Å². The van der Waals surface area contributed by atoms with Gasteiger partial charge in [0.1, 0.15) is 11.1 Å². The molecule has 35 heavy (non-hydrogen) atoms. The molecule has 0 aliphatic rings. The number of hydrogen-bond acceptors (Lipinski definition) is 5. The van der Waals surface area contributed by atoms with Crippen molar-refractivity contribution in [2.75, 3.05) is 19.4 Å². The van der Waals surface area contributed by atoms with E-state index >= 15 is 0 Å². The van der Waals surface area contributed by atoms with Gasteiger partial charge in [-0.15, -0.1) is 10.2 Å². The van der Waals surface area contributed by atoms with Crippen molar-refractivity contribution >= 4 is 23.4 Å². The van der Waals surface area contributed by atoms with Crippen LogP contribution in [-0.4, -0.2) is 39.7 Å². The van der Waals surface area contributed by atoms with Gasteiger partial charge in [-0.25, -0.2) is 4.39 Å². The lowest BCUT2D eigenvalue weighted by Crippen LogP contribution is -2.21. The van der Waals surface area contributed by atoms with Crippen molar-refractivity contribution in [3.05, 3.63) is 102 Å². The summed E-state index contributed by atoms with van der Waals surface area (Å²) in [6, 6.07) is 23.4. The average Bonchev–Trinajstić information content (AvgIpc) is 3.27. The molecule has 0 aliphatic heterocycles. The van der Waals surface area contributed by atoms with Crippen LogP contribution in [-0.2, 0) is 4.79 Å². The topological polar surface area (TPSA) is 63.1 Å². The van der Waals surface area contributed by atoms with Crippen LogP contribution in [0.3, 0.4) is 0 Å². The Hall–Kier alpha value is -3.49. The van der Waals surface area contributed by atoms with E-state index in [-0.39, 0.29) is 17.8 Å². The normalized spacial score (nSPS) is 13.0. The third-order valence-corrected chi connectivity index (χ3v) is 6.97. The number of aryl methyl sites for hydroxylation is 1. The first kappa shape index (κ1) is 24.6. The van der Waals surface area contributed by atoms with Crippen LogP contribution in [0.15, 0.2) is 84.0 Å². The highest BCUT2D eigenvalue weighted by Gasteiger charge is 2.28. The Morgan fingerprint density at radius 3 is 2.26 bits per heavy atom. The molecule has 6 nitrogen and oxygen atoms in total. The molecule has 4 rings (SSSR count). The molecular formula is C27H28FN5OS. The molecule has 1 heterocycles. The van der Waals surface area contributed by atoms with Crippen LogP contribution in [0.25, 0.3) is 5.69 Å². The Morgan fingerprint density at radius 2 is 1.63 bits per heavy atom. The predicted molar refractivity (Wildman–Crippen MR) is 138 cm³/mol. The van der Waals surface area contributed by atoms with E-state index in [1.807, 2.05) is 92.0 Å². The minimum atomic E-state index is -0.580. The summed E-state index contributed by atoms with van der Waals surface area (Å²) in [6.07, 6.45) is 0. The van der Waals surface area contributed by atoms with Crippen molar-refractivity contribution in [2.24, 2.45) is 0 Å². The maximum Gasteiger partial charge on any atom is 0.242 e. The highest BCUT2D eigenvalue weighted by Crippen LogP contribution is 2.38. The molecule has 180 valence electrons. The lowest BCUT2D eigenvalue weighted by atomic mass is 10.1.